The predicted molar refractivity (Wildman–Crippen MR) is 104 cm³/mol. The normalized spacial score (nSPS) is 13.1. The number of amides is 1. The first-order valence-electron chi connectivity index (χ1n) is 8.99. The minimum atomic E-state index is -0.602. The van der Waals surface area contributed by atoms with Gasteiger partial charge in [0, 0.05) is 0 Å². The second-order valence-corrected chi connectivity index (χ2v) is 6.63. The van der Waals surface area contributed by atoms with Crippen LogP contribution in [0.1, 0.15) is 46.2 Å². The molecule has 1 N–H and O–H groups in total. The lowest BCUT2D eigenvalue weighted by Crippen LogP contribution is -2.34. The number of esters is 1. The Morgan fingerprint density at radius 3 is 2.26 bits per heavy atom. The van der Waals surface area contributed by atoms with E-state index in [1.54, 1.807) is 39.8 Å². The molecule has 0 unspecified atom stereocenters. The number of carbonyl (C=O) groups excluding carboxylic acids is 2. The summed E-state index contributed by atoms with van der Waals surface area (Å²) in [5, 5.41) is 2.82. The first-order valence-corrected chi connectivity index (χ1v) is 8.99. The Kier molecular flexibility index (Phi) is 9.13. The number of hydrogen-bond donors (Lipinski definition) is 1. The van der Waals surface area contributed by atoms with Crippen LogP contribution in [0, 0.1) is 0 Å². The van der Waals surface area contributed by atoms with Crippen LogP contribution in [-0.2, 0) is 19.0 Å². The molecule has 1 aromatic rings. The van der Waals surface area contributed by atoms with E-state index in [1.807, 2.05) is 37.3 Å². The molecule has 0 spiro atoms. The molecule has 1 rings (SSSR count). The number of carbonyl (C=O) groups is 2. The third-order valence-corrected chi connectivity index (χ3v) is 3.14. The minimum Gasteiger partial charge on any atom is -0.494 e. The zero-order valence-corrected chi connectivity index (χ0v) is 16.7. The fraction of sp³-hybridized carbons (Fsp3) is 0.429. The van der Waals surface area contributed by atoms with E-state index >= 15 is 0 Å². The molecule has 1 amide bonds. The first kappa shape index (κ1) is 22.3. The maximum Gasteiger partial charge on any atom is 0.408 e. The van der Waals surface area contributed by atoms with E-state index in [0.717, 1.165) is 5.56 Å². The topological polar surface area (TPSA) is 73.9 Å². The van der Waals surface area contributed by atoms with Gasteiger partial charge in [0.1, 0.15) is 11.4 Å². The van der Waals surface area contributed by atoms with Gasteiger partial charge in [0.15, 0.2) is 0 Å². The van der Waals surface area contributed by atoms with Gasteiger partial charge >= 0.3 is 12.1 Å². The number of allylic oxidation sites excluding steroid dienone is 1. The zero-order valence-electron chi connectivity index (χ0n) is 16.7. The number of ether oxygens (including phenoxy) is 3. The van der Waals surface area contributed by atoms with E-state index in [1.165, 1.54) is 6.08 Å². The highest BCUT2D eigenvalue weighted by Gasteiger charge is 2.19. The Balaban J connectivity index is 3.02. The maximum absolute atomic E-state index is 12.2. The molecule has 6 nitrogen and oxygen atoms in total. The van der Waals surface area contributed by atoms with Gasteiger partial charge in [-0.2, -0.15) is 0 Å². The van der Waals surface area contributed by atoms with Crippen molar-refractivity contribution in [1.82, 2.24) is 5.32 Å². The largest absolute Gasteiger partial charge is 0.494 e. The van der Waals surface area contributed by atoms with Gasteiger partial charge in [-0.25, -0.2) is 9.59 Å². The molecule has 0 fully saturated rings. The molecule has 0 aliphatic rings. The van der Waals surface area contributed by atoms with Gasteiger partial charge in [-0.3, -0.25) is 0 Å². The highest BCUT2D eigenvalue weighted by Crippen LogP contribution is 2.17. The molecule has 6 heteroatoms. The van der Waals surface area contributed by atoms with Crippen LogP contribution in [0.15, 0.2) is 54.3 Å². The van der Waals surface area contributed by atoms with Crippen LogP contribution in [0.25, 0.3) is 0 Å². The molecule has 148 valence electrons. The quantitative estimate of drug-likeness (QED) is 0.317. The standard InChI is InChI=1S/C21H29NO5/c1-6-25-17(15-19(23)26-7-2)13-14-18(16-11-9-8-10-12-16)22-20(24)27-21(3,4)5/h8-15,18H,6-7H2,1-5H3,(H,22,24)/b14-13+,17-15+/t18-/m0/s1. The number of hydrogen-bond acceptors (Lipinski definition) is 5. The number of benzene rings is 1. The number of nitrogens with one attached hydrogen (secondary N) is 1. The van der Waals surface area contributed by atoms with Crippen molar-refractivity contribution in [2.45, 2.75) is 46.3 Å². The van der Waals surface area contributed by atoms with E-state index in [-0.39, 0.29) is 6.61 Å². The molecule has 0 aliphatic carbocycles. The Labute approximate surface area is 161 Å². The molecule has 0 aliphatic heterocycles. The van der Waals surface area contributed by atoms with E-state index in [4.69, 9.17) is 14.2 Å². The van der Waals surface area contributed by atoms with Gasteiger partial charge in [-0.1, -0.05) is 36.4 Å². The summed E-state index contributed by atoms with van der Waals surface area (Å²) in [6.07, 6.45) is 4.11. The summed E-state index contributed by atoms with van der Waals surface area (Å²) in [6.45, 7) is 9.63. The smallest absolute Gasteiger partial charge is 0.408 e. The van der Waals surface area contributed by atoms with Crippen molar-refractivity contribution in [3.05, 3.63) is 59.9 Å². The summed E-state index contributed by atoms with van der Waals surface area (Å²) in [6, 6.07) is 8.98. The van der Waals surface area contributed by atoms with Gasteiger partial charge in [0.2, 0.25) is 0 Å². The number of alkyl carbamates (subject to hydrolysis) is 1. The SMILES string of the molecule is CCOC(=O)/C=C(\C=C\[C@H](NC(=O)OC(C)(C)C)c1ccccc1)OCC. The average Bonchev–Trinajstić information content (AvgIpc) is 2.58. The summed E-state index contributed by atoms with van der Waals surface area (Å²) in [5.74, 6) is -0.134. The Morgan fingerprint density at radius 1 is 1.07 bits per heavy atom. The van der Waals surface area contributed by atoms with Gasteiger partial charge in [0.05, 0.1) is 25.3 Å². The minimum absolute atomic E-state index is 0.283. The van der Waals surface area contributed by atoms with Crippen molar-refractivity contribution in [3.63, 3.8) is 0 Å². The summed E-state index contributed by atoms with van der Waals surface area (Å²) in [5.41, 5.74) is 0.265. The lowest BCUT2D eigenvalue weighted by molar-refractivity contribution is -0.137. The molecule has 0 bridgehead atoms. The Hall–Kier alpha value is -2.76. The molecule has 0 saturated heterocycles. The van der Waals surface area contributed by atoms with Crippen molar-refractivity contribution >= 4 is 12.1 Å². The molecule has 0 radical (unpaired) electrons. The van der Waals surface area contributed by atoms with Gasteiger partial charge < -0.3 is 19.5 Å². The Bertz CT molecular complexity index is 659. The molecule has 0 heterocycles. The predicted octanol–water partition coefficient (Wildman–Crippen LogP) is 4.29. The lowest BCUT2D eigenvalue weighted by Gasteiger charge is -2.22. The van der Waals surface area contributed by atoms with Crippen LogP contribution in [0.2, 0.25) is 0 Å². The molecule has 1 atom stereocenters. The first-order chi connectivity index (χ1) is 12.7. The maximum atomic E-state index is 12.2. The molecule has 1 aromatic carbocycles. The van der Waals surface area contributed by atoms with Crippen LogP contribution in [0.3, 0.4) is 0 Å². The van der Waals surface area contributed by atoms with Crippen LogP contribution >= 0.6 is 0 Å². The summed E-state index contributed by atoms with van der Waals surface area (Å²) >= 11 is 0. The van der Waals surface area contributed by atoms with Crippen molar-refractivity contribution in [2.75, 3.05) is 13.2 Å². The zero-order chi connectivity index (χ0) is 20.3. The highest BCUT2D eigenvalue weighted by molar-refractivity contribution is 5.82. The van der Waals surface area contributed by atoms with E-state index in [2.05, 4.69) is 5.32 Å². The summed E-state index contributed by atoms with van der Waals surface area (Å²) in [7, 11) is 0. The second-order valence-electron chi connectivity index (χ2n) is 6.63. The van der Waals surface area contributed by atoms with Crippen LogP contribution in [0.4, 0.5) is 4.79 Å². The van der Waals surface area contributed by atoms with Gasteiger partial charge in [-0.15, -0.1) is 0 Å². The fourth-order valence-corrected chi connectivity index (χ4v) is 2.13. The lowest BCUT2D eigenvalue weighted by atomic mass is 10.1. The molecular weight excluding hydrogens is 346 g/mol. The Morgan fingerprint density at radius 2 is 1.70 bits per heavy atom. The third-order valence-electron chi connectivity index (χ3n) is 3.14. The average molecular weight is 375 g/mol. The highest BCUT2D eigenvalue weighted by atomic mass is 16.6. The van der Waals surface area contributed by atoms with E-state index in [0.29, 0.717) is 12.4 Å². The van der Waals surface area contributed by atoms with E-state index < -0.39 is 23.7 Å². The van der Waals surface area contributed by atoms with Crippen molar-refractivity contribution in [1.29, 1.82) is 0 Å². The molecular formula is C21H29NO5. The van der Waals surface area contributed by atoms with Gasteiger partial charge in [-0.05, 0) is 46.3 Å². The molecule has 0 aromatic heterocycles. The third kappa shape index (κ3) is 9.49. The van der Waals surface area contributed by atoms with Crippen LogP contribution < -0.4 is 5.32 Å². The van der Waals surface area contributed by atoms with Crippen molar-refractivity contribution < 1.29 is 23.8 Å². The monoisotopic (exact) mass is 375 g/mol. The summed E-state index contributed by atoms with van der Waals surface area (Å²) in [4.78, 5) is 23.9. The van der Waals surface area contributed by atoms with Crippen molar-refractivity contribution in [3.8, 4) is 0 Å². The van der Waals surface area contributed by atoms with Gasteiger partial charge in [0.25, 0.3) is 0 Å². The second kappa shape index (κ2) is 11.1. The summed E-state index contributed by atoms with van der Waals surface area (Å²) < 4.78 is 15.7. The molecule has 0 saturated carbocycles. The van der Waals surface area contributed by atoms with Crippen LogP contribution in [-0.4, -0.2) is 30.9 Å². The molecule has 27 heavy (non-hydrogen) atoms. The fourth-order valence-electron chi connectivity index (χ4n) is 2.13. The van der Waals surface area contributed by atoms with E-state index in [9.17, 15) is 9.59 Å². The number of rotatable bonds is 8. The van der Waals surface area contributed by atoms with Crippen molar-refractivity contribution in [2.24, 2.45) is 0 Å². The van der Waals surface area contributed by atoms with Crippen LogP contribution in [0.5, 0.6) is 0 Å².